The summed E-state index contributed by atoms with van der Waals surface area (Å²) in [6.45, 7) is 10.5. The van der Waals surface area contributed by atoms with Crippen LogP contribution in [0, 0.1) is 24.5 Å². The summed E-state index contributed by atoms with van der Waals surface area (Å²) >= 11 is 0. The summed E-state index contributed by atoms with van der Waals surface area (Å²) < 4.78 is 35.0. The molecule has 0 bridgehead atoms. The summed E-state index contributed by atoms with van der Waals surface area (Å²) in [6, 6.07) is 15.1. The van der Waals surface area contributed by atoms with E-state index in [2.05, 4.69) is 54.4 Å². The molecule has 5 aromatic rings. The van der Waals surface area contributed by atoms with Crippen molar-refractivity contribution in [3.63, 3.8) is 0 Å². The Morgan fingerprint density at radius 3 is 2.35 bits per heavy atom. The summed E-state index contributed by atoms with van der Waals surface area (Å²) in [6.07, 6.45) is 8.62. The van der Waals surface area contributed by atoms with Gasteiger partial charge >= 0.3 is 0 Å². The van der Waals surface area contributed by atoms with Crippen molar-refractivity contribution in [2.75, 3.05) is 81.5 Å². The van der Waals surface area contributed by atoms with Gasteiger partial charge < -0.3 is 25.0 Å². The Labute approximate surface area is 383 Å². The number of imide groups is 1. The van der Waals surface area contributed by atoms with Crippen LogP contribution in [0.5, 0.6) is 0 Å². The molecule has 3 amide bonds. The van der Waals surface area contributed by atoms with Gasteiger partial charge in [-0.05, 0) is 105 Å². The van der Waals surface area contributed by atoms with Crippen molar-refractivity contribution >= 4 is 51.4 Å². The second-order valence-electron chi connectivity index (χ2n) is 18.2. The molecule has 9 rings (SSSR count). The monoisotopic (exact) mass is 900 g/mol. The maximum atomic E-state index is 16.1. The number of rotatable bonds is 11. The highest BCUT2D eigenvalue weighted by molar-refractivity contribution is 6.01. The molecule has 7 heterocycles. The summed E-state index contributed by atoms with van der Waals surface area (Å²) in [5.74, 6) is -1.12. The van der Waals surface area contributed by atoms with Gasteiger partial charge in [0.25, 0.3) is 11.5 Å². The quantitative estimate of drug-likeness (QED) is 0.134. The summed E-state index contributed by atoms with van der Waals surface area (Å²) in [5.41, 5.74) is 6.94. The highest BCUT2D eigenvalue weighted by Gasteiger charge is 2.31. The molecule has 0 radical (unpaired) electrons. The number of fused-ring (bicyclic) bond motifs is 1. The number of aryl methyl sites for hydroxylation is 2. The molecule has 2 aromatic carbocycles. The number of pyridine rings is 2. The SMILES string of the molecule is CNc1ccn(-c2ccnc3c2cc(C(C)N2CC=C(c4c(C)cc(C(=O)N5CCC(CN6CCN(c7ccc(NC8CCC(=O)NC8=O)cc7F)CC6)CC5)cc4F)CC2)n3C)c(=O)c1. The van der Waals surface area contributed by atoms with Gasteiger partial charge in [0.1, 0.15) is 23.3 Å². The molecule has 3 saturated heterocycles. The molecule has 346 valence electrons. The smallest absolute Gasteiger partial charge is 0.257 e. The van der Waals surface area contributed by atoms with Crippen LogP contribution in [0.4, 0.5) is 25.8 Å². The van der Waals surface area contributed by atoms with E-state index >= 15 is 8.78 Å². The fraction of sp³-hybridized carbons (Fsp3) is 0.420. The largest absolute Gasteiger partial charge is 0.388 e. The highest BCUT2D eigenvalue weighted by Crippen LogP contribution is 2.35. The van der Waals surface area contributed by atoms with E-state index in [1.807, 2.05) is 42.0 Å². The van der Waals surface area contributed by atoms with Gasteiger partial charge in [0, 0.05) is 138 Å². The fourth-order valence-electron chi connectivity index (χ4n) is 10.3. The number of likely N-dealkylation sites (tertiary alicyclic amines) is 1. The van der Waals surface area contributed by atoms with Crippen LogP contribution in [-0.4, -0.2) is 119 Å². The van der Waals surface area contributed by atoms with Gasteiger partial charge in [-0.3, -0.25) is 38.9 Å². The van der Waals surface area contributed by atoms with Crippen LogP contribution in [0.15, 0.2) is 77.9 Å². The number of anilines is 3. The van der Waals surface area contributed by atoms with E-state index in [1.165, 1.54) is 12.1 Å². The Balaban J connectivity index is 0.764. The van der Waals surface area contributed by atoms with Crippen LogP contribution in [0.3, 0.4) is 0 Å². The number of carbonyl (C=O) groups excluding carboxylic acids is 3. The minimum Gasteiger partial charge on any atom is -0.388 e. The number of piperidine rings is 2. The normalized spacial score (nSPS) is 19.5. The number of piperazine rings is 1. The zero-order valence-corrected chi connectivity index (χ0v) is 38.1. The number of nitrogens with zero attached hydrogens (tertiary/aromatic N) is 7. The Bertz CT molecular complexity index is 2750. The Hall–Kier alpha value is -6.39. The summed E-state index contributed by atoms with van der Waals surface area (Å²) in [7, 11) is 3.78. The van der Waals surface area contributed by atoms with E-state index < -0.39 is 11.9 Å². The van der Waals surface area contributed by atoms with Crippen molar-refractivity contribution in [2.45, 2.75) is 58.0 Å². The number of amides is 3. The van der Waals surface area contributed by atoms with E-state index in [0.29, 0.717) is 74.0 Å². The molecule has 3 fully saturated rings. The van der Waals surface area contributed by atoms with Crippen LogP contribution in [-0.2, 0) is 16.6 Å². The van der Waals surface area contributed by atoms with E-state index in [-0.39, 0.29) is 41.5 Å². The molecule has 14 nitrogen and oxygen atoms in total. The number of benzene rings is 2. The third kappa shape index (κ3) is 9.08. The zero-order valence-electron chi connectivity index (χ0n) is 38.1. The minimum atomic E-state index is -0.572. The number of hydrogen-bond acceptors (Lipinski definition) is 10. The molecule has 0 aliphatic carbocycles. The van der Waals surface area contributed by atoms with Crippen molar-refractivity contribution in [3.8, 4) is 5.69 Å². The van der Waals surface area contributed by atoms with Gasteiger partial charge in [-0.2, -0.15) is 0 Å². The molecule has 2 atom stereocenters. The average Bonchev–Trinajstić information content (AvgIpc) is 3.66. The third-order valence-corrected chi connectivity index (χ3v) is 14.1. The van der Waals surface area contributed by atoms with Gasteiger partial charge in [-0.1, -0.05) is 6.08 Å². The number of hydrogen-bond donors (Lipinski definition) is 3. The topological polar surface area (TPSA) is 140 Å². The molecular weight excluding hydrogens is 843 g/mol. The predicted octanol–water partition coefficient (Wildman–Crippen LogP) is 6.09. The van der Waals surface area contributed by atoms with Crippen LogP contribution in [0.2, 0.25) is 0 Å². The molecule has 16 heteroatoms. The van der Waals surface area contributed by atoms with E-state index in [4.69, 9.17) is 0 Å². The Morgan fingerprint density at radius 2 is 1.67 bits per heavy atom. The maximum absolute atomic E-state index is 16.1. The van der Waals surface area contributed by atoms with E-state index in [1.54, 1.807) is 42.2 Å². The molecule has 4 aliphatic heterocycles. The lowest BCUT2D eigenvalue weighted by Crippen LogP contribution is -2.49. The molecule has 3 aromatic heterocycles. The fourth-order valence-corrected chi connectivity index (χ4v) is 10.3. The molecule has 66 heavy (non-hydrogen) atoms. The van der Waals surface area contributed by atoms with Crippen molar-refractivity contribution in [2.24, 2.45) is 13.0 Å². The van der Waals surface area contributed by atoms with Crippen LogP contribution >= 0.6 is 0 Å². The number of aromatic nitrogens is 3. The lowest BCUT2D eigenvalue weighted by molar-refractivity contribution is -0.133. The first kappa shape index (κ1) is 44.8. The predicted molar refractivity (Wildman–Crippen MR) is 253 cm³/mol. The molecule has 3 N–H and O–H groups in total. The third-order valence-electron chi connectivity index (χ3n) is 14.1. The van der Waals surface area contributed by atoms with E-state index in [0.717, 1.165) is 78.3 Å². The molecule has 0 saturated carbocycles. The number of nitrogens with one attached hydrogen (secondary N) is 3. The molecule has 0 spiro atoms. The van der Waals surface area contributed by atoms with Crippen molar-refractivity contribution in [1.29, 1.82) is 0 Å². The lowest BCUT2D eigenvalue weighted by atomic mass is 9.92. The van der Waals surface area contributed by atoms with Gasteiger partial charge in [0.15, 0.2) is 0 Å². The number of carbonyl (C=O) groups is 3. The van der Waals surface area contributed by atoms with Crippen molar-refractivity contribution in [1.82, 2.24) is 34.1 Å². The Morgan fingerprint density at radius 1 is 0.879 bits per heavy atom. The molecular formula is C50H58F2N10O4. The maximum Gasteiger partial charge on any atom is 0.257 e. The standard InChI is InChI=1S/C50H58F2N10O4/c1-31-25-35(50(66)61-16-10-33(11-17-61)30-58-21-23-60(24-22-58)43-7-5-37(27-39(43)51)55-41-6-8-45(63)56-49(41)65)26-40(52)47(31)34-12-18-59(19-13-34)32(2)44-29-38-42(9-15-54-48(38)57(44)4)62-20-14-36(53-3)28-46(62)64/h5,7,9,12,14-15,20,25-29,32-33,41,53,55H,6,8,10-11,13,16-19,21-24,30H2,1-4H3,(H,56,63,65). The zero-order chi connectivity index (χ0) is 46.2. The van der Waals surface area contributed by atoms with Crippen LogP contribution in [0.25, 0.3) is 22.3 Å². The summed E-state index contributed by atoms with van der Waals surface area (Å²) in [5, 5.41) is 9.27. The lowest BCUT2D eigenvalue weighted by Gasteiger charge is -2.39. The second kappa shape index (κ2) is 18.8. The first-order valence-electron chi connectivity index (χ1n) is 23.1. The van der Waals surface area contributed by atoms with Gasteiger partial charge in [-0.25, -0.2) is 13.8 Å². The molecule has 2 unspecified atom stereocenters. The first-order valence-corrected chi connectivity index (χ1v) is 23.1. The number of halogens is 2. The van der Waals surface area contributed by atoms with E-state index in [9.17, 15) is 19.2 Å². The average molecular weight is 901 g/mol. The van der Waals surface area contributed by atoms with Gasteiger partial charge in [0.05, 0.1) is 11.4 Å². The Kier molecular flexibility index (Phi) is 12.8. The first-order chi connectivity index (χ1) is 31.8. The van der Waals surface area contributed by atoms with Gasteiger partial charge in [-0.15, -0.1) is 0 Å². The highest BCUT2D eigenvalue weighted by atomic mass is 19.1. The van der Waals surface area contributed by atoms with Crippen molar-refractivity contribution < 1.29 is 23.2 Å². The van der Waals surface area contributed by atoms with Crippen LogP contribution in [0.1, 0.15) is 72.2 Å². The van der Waals surface area contributed by atoms with Crippen LogP contribution < -0.4 is 26.4 Å². The van der Waals surface area contributed by atoms with Gasteiger partial charge in [0.2, 0.25) is 11.8 Å². The minimum absolute atomic E-state index is 0.0266. The summed E-state index contributed by atoms with van der Waals surface area (Å²) in [4.78, 5) is 63.7. The second-order valence-corrected chi connectivity index (χ2v) is 18.2. The molecule has 4 aliphatic rings. The van der Waals surface area contributed by atoms with Crippen molar-refractivity contribution in [3.05, 3.63) is 117 Å².